The molecule has 31 heavy (non-hydrogen) atoms. The van der Waals surface area contributed by atoms with E-state index in [1.165, 1.54) is 6.26 Å². The Labute approximate surface area is 181 Å². The van der Waals surface area contributed by atoms with Crippen molar-refractivity contribution in [2.24, 2.45) is 5.11 Å². The largest absolute Gasteiger partial charge is 0.493 e. The van der Waals surface area contributed by atoms with Crippen LogP contribution < -0.4 is 0 Å². The lowest BCUT2D eigenvalue weighted by Gasteiger charge is -2.38. The minimum absolute atomic E-state index is 0.0850. The zero-order valence-electron chi connectivity index (χ0n) is 16.9. The molecule has 0 saturated heterocycles. The van der Waals surface area contributed by atoms with Crippen LogP contribution in [-0.4, -0.2) is 30.0 Å². The summed E-state index contributed by atoms with van der Waals surface area (Å²) in [6.07, 6.45) is 1.30. The Morgan fingerprint density at radius 3 is 1.81 bits per heavy atom. The van der Waals surface area contributed by atoms with Gasteiger partial charge in [-0.2, -0.15) is 0 Å². The second-order valence-electron chi connectivity index (χ2n) is 7.28. The van der Waals surface area contributed by atoms with Gasteiger partial charge in [-0.15, -0.1) is 0 Å². The van der Waals surface area contributed by atoms with E-state index < -0.39 is 23.9 Å². The molecule has 0 amide bonds. The summed E-state index contributed by atoms with van der Waals surface area (Å²) in [5, 5.41) is 14.3. The first-order valence-electron chi connectivity index (χ1n) is 10.1. The minimum Gasteiger partial charge on any atom is -0.493 e. The van der Waals surface area contributed by atoms with E-state index in [0.717, 1.165) is 16.7 Å². The van der Waals surface area contributed by atoms with Crippen LogP contribution in [0.1, 0.15) is 16.7 Å². The van der Waals surface area contributed by atoms with Crippen LogP contribution in [0, 0.1) is 0 Å². The second kappa shape index (κ2) is 9.49. The molecule has 0 bridgehead atoms. The molecule has 0 aromatic heterocycles. The lowest BCUT2D eigenvalue weighted by Crippen LogP contribution is -2.44. The summed E-state index contributed by atoms with van der Waals surface area (Å²) in [7, 11) is 0. The van der Waals surface area contributed by atoms with Gasteiger partial charge in [-0.1, -0.05) is 96.1 Å². The summed E-state index contributed by atoms with van der Waals surface area (Å²) in [4.78, 5) is 2.81. The quantitative estimate of drug-likeness (QED) is 0.257. The summed E-state index contributed by atoms with van der Waals surface area (Å²) in [6, 6.07) is 29.2. The first-order chi connectivity index (χ1) is 15.3. The number of rotatable bonds is 7. The van der Waals surface area contributed by atoms with Gasteiger partial charge in [0.25, 0.3) is 0 Å². The van der Waals surface area contributed by atoms with E-state index in [4.69, 9.17) is 15.0 Å². The van der Waals surface area contributed by atoms with E-state index in [1.807, 2.05) is 91.0 Å². The average molecular weight is 413 g/mol. The molecule has 3 aromatic rings. The van der Waals surface area contributed by atoms with Crippen molar-refractivity contribution in [3.8, 4) is 0 Å². The summed E-state index contributed by atoms with van der Waals surface area (Å²) < 4.78 is 12.3. The topological polar surface area (TPSA) is 87.5 Å². The Hall–Kier alpha value is -3.57. The normalized spacial score (nSPS) is 20.5. The third-order valence-corrected chi connectivity index (χ3v) is 5.45. The first kappa shape index (κ1) is 20.7. The van der Waals surface area contributed by atoms with Crippen LogP contribution in [0.5, 0.6) is 0 Å². The Bertz CT molecular complexity index is 954. The summed E-state index contributed by atoms with van der Waals surface area (Å²) in [5.74, 6) is 0. The number of aliphatic hydroxyl groups is 1. The average Bonchev–Trinajstić information content (AvgIpc) is 2.84. The number of nitrogens with zero attached hydrogens (tertiary/aromatic N) is 3. The molecule has 3 aromatic carbocycles. The van der Waals surface area contributed by atoms with Crippen LogP contribution in [0.2, 0.25) is 0 Å². The van der Waals surface area contributed by atoms with Crippen molar-refractivity contribution in [1.82, 2.24) is 0 Å². The van der Waals surface area contributed by atoms with Crippen LogP contribution in [0.25, 0.3) is 10.4 Å². The van der Waals surface area contributed by atoms with Gasteiger partial charge in [0.15, 0.2) is 0 Å². The number of ether oxygens (including phenoxy) is 2. The van der Waals surface area contributed by atoms with Crippen LogP contribution in [-0.2, 0) is 15.1 Å². The molecule has 4 rings (SSSR count). The monoisotopic (exact) mass is 413 g/mol. The van der Waals surface area contributed by atoms with E-state index in [-0.39, 0.29) is 6.61 Å². The number of benzene rings is 3. The third kappa shape index (κ3) is 4.18. The van der Waals surface area contributed by atoms with Crippen molar-refractivity contribution >= 4 is 0 Å². The number of aliphatic hydroxyl groups excluding tert-OH is 1. The smallest absolute Gasteiger partial charge is 0.148 e. The van der Waals surface area contributed by atoms with Gasteiger partial charge in [-0.3, -0.25) is 0 Å². The second-order valence-corrected chi connectivity index (χ2v) is 7.28. The molecule has 156 valence electrons. The molecule has 1 aliphatic rings. The van der Waals surface area contributed by atoms with Gasteiger partial charge in [0.1, 0.15) is 17.8 Å². The zero-order chi connectivity index (χ0) is 21.5. The molecule has 1 heterocycles. The van der Waals surface area contributed by atoms with Gasteiger partial charge in [0, 0.05) is 4.91 Å². The van der Waals surface area contributed by atoms with E-state index >= 15 is 0 Å². The third-order valence-electron chi connectivity index (χ3n) is 5.45. The zero-order valence-corrected chi connectivity index (χ0v) is 16.9. The fraction of sp³-hybridized carbons (Fsp3) is 0.200. The molecule has 0 aliphatic carbocycles. The lowest BCUT2D eigenvalue weighted by molar-refractivity contribution is -0.0912. The van der Waals surface area contributed by atoms with Crippen molar-refractivity contribution in [2.75, 3.05) is 6.61 Å². The first-order valence-corrected chi connectivity index (χ1v) is 10.1. The van der Waals surface area contributed by atoms with Crippen molar-refractivity contribution in [2.45, 2.75) is 23.9 Å². The van der Waals surface area contributed by atoms with Crippen molar-refractivity contribution in [3.63, 3.8) is 0 Å². The molecule has 6 heteroatoms. The maximum absolute atomic E-state index is 10.6. The van der Waals surface area contributed by atoms with Gasteiger partial charge in [-0.05, 0) is 28.3 Å². The van der Waals surface area contributed by atoms with Gasteiger partial charge in [0.05, 0.1) is 18.9 Å². The minimum atomic E-state index is -1.01. The van der Waals surface area contributed by atoms with Crippen LogP contribution >= 0.6 is 0 Å². The van der Waals surface area contributed by atoms with E-state index in [0.29, 0.717) is 0 Å². The van der Waals surface area contributed by atoms with Crippen LogP contribution in [0.3, 0.4) is 0 Å². The SMILES string of the molecule is [N-]=[N+]=N[C@H]1C=CO[C@H](COC(c2ccccc2)(c2ccccc2)c2ccccc2)[C@@H]1O. The Kier molecular flexibility index (Phi) is 6.34. The van der Waals surface area contributed by atoms with Crippen molar-refractivity contribution < 1.29 is 14.6 Å². The number of hydrogen-bond donors (Lipinski definition) is 1. The highest BCUT2D eigenvalue weighted by atomic mass is 16.5. The van der Waals surface area contributed by atoms with Gasteiger partial charge >= 0.3 is 0 Å². The molecular weight excluding hydrogens is 390 g/mol. The molecule has 3 atom stereocenters. The molecule has 1 N–H and O–H groups in total. The van der Waals surface area contributed by atoms with Crippen LogP contribution in [0.15, 0.2) is 108 Å². The predicted molar refractivity (Wildman–Crippen MR) is 118 cm³/mol. The Morgan fingerprint density at radius 1 is 0.871 bits per heavy atom. The highest BCUT2D eigenvalue weighted by Gasteiger charge is 2.40. The fourth-order valence-corrected chi connectivity index (χ4v) is 3.92. The summed E-state index contributed by atoms with van der Waals surface area (Å²) in [5.41, 5.74) is 10.7. The highest BCUT2D eigenvalue weighted by molar-refractivity contribution is 5.47. The summed E-state index contributed by atoms with van der Waals surface area (Å²) >= 11 is 0. The van der Waals surface area contributed by atoms with Gasteiger partial charge < -0.3 is 14.6 Å². The molecule has 0 saturated carbocycles. The molecule has 6 nitrogen and oxygen atoms in total. The number of azide groups is 1. The van der Waals surface area contributed by atoms with E-state index in [2.05, 4.69) is 10.0 Å². The predicted octanol–water partition coefficient (Wildman–Crippen LogP) is 4.95. The molecule has 0 unspecified atom stereocenters. The molecule has 0 fully saturated rings. The van der Waals surface area contributed by atoms with Crippen molar-refractivity contribution in [1.29, 1.82) is 0 Å². The maximum atomic E-state index is 10.6. The molecule has 1 aliphatic heterocycles. The summed E-state index contributed by atoms with van der Waals surface area (Å²) in [6.45, 7) is 0.0850. The molecular formula is C25H23N3O3. The lowest BCUT2D eigenvalue weighted by atomic mass is 9.80. The van der Waals surface area contributed by atoms with Gasteiger partial charge in [-0.25, -0.2) is 0 Å². The Balaban J connectivity index is 1.78. The van der Waals surface area contributed by atoms with Crippen molar-refractivity contribution in [3.05, 3.63) is 130 Å². The number of hydrogen-bond acceptors (Lipinski definition) is 4. The maximum Gasteiger partial charge on any atom is 0.148 e. The molecule has 0 radical (unpaired) electrons. The van der Waals surface area contributed by atoms with E-state index in [9.17, 15) is 5.11 Å². The van der Waals surface area contributed by atoms with E-state index in [1.54, 1.807) is 6.08 Å². The molecule has 0 spiro atoms. The van der Waals surface area contributed by atoms with Gasteiger partial charge in [0.2, 0.25) is 0 Å². The standard InChI is InChI=1S/C25H23N3O3/c26-28-27-22-16-17-30-23(24(22)29)18-31-25(19-10-4-1-5-11-19,20-12-6-2-7-13-20)21-14-8-3-9-15-21/h1-17,22-24,29H,18H2/t22-,23+,24+/m0/s1. The van der Waals surface area contributed by atoms with Crippen LogP contribution in [0.4, 0.5) is 0 Å². The Morgan fingerprint density at radius 2 is 1.35 bits per heavy atom. The highest BCUT2D eigenvalue weighted by Crippen LogP contribution is 2.40. The fourth-order valence-electron chi connectivity index (χ4n) is 3.92.